The van der Waals surface area contributed by atoms with Gasteiger partial charge in [0, 0.05) is 5.02 Å². The molecule has 1 heterocycles. The van der Waals surface area contributed by atoms with Gasteiger partial charge in [0.1, 0.15) is 0 Å². The Morgan fingerprint density at radius 3 is 2.65 bits per heavy atom. The van der Waals surface area contributed by atoms with Gasteiger partial charge < -0.3 is 5.32 Å². The summed E-state index contributed by atoms with van der Waals surface area (Å²) < 4.78 is 0. The van der Waals surface area contributed by atoms with Gasteiger partial charge in [0.05, 0.1) is 11.5 Å². The van der Waals surface area contributed by atoms with Crippen LogP contribution in [0, 0.1) is 0 Å². The van der Waals surface area contributed by atoms with Crippen LogP contribution in [-0.2, 0) is 11.2 Å². The smallest absolute Gasteiger partial charge is 0.239 e. The zero-order chi connectivity index (χ0) is 16.1. The van der Waals surface area contributed by atoms with E-state index in [0.717, 1.165) is 11.1 Å². The molecule has 2 aromatic rings. The molecular weight excluding hydrogens is 330 g/mol. The highest BCUT2D eigenvalue weighted by Crippen LogP contribution is 2.26. The van der Waals surface area contributed by atoms with Gasteiger partial charge >= 0.3 is 0 Å². The van der Waals surface area contributed by atoms with Crippen molar-refractivity contribution in [3.05, 3.63) is 70.7 Å². The van der Waals surface area contributed by atoms with Gasteiger partial charge in [0.15, 0.2) is 5.17 Å². The third-order valence-electron chi connectivity index (χ3n) is 3.29. The average molecular weight is 344 g/mol. The van der Waals surface area contributed by atoms with E-state index in [1.165, 1.54) is 11.8 Å². The van der Waals surface area contributed by atoms with Crippen molar-refractivity contribution in [1.29, 1.82) is 0 Å². The zero-order valence-electron chi connectivity index (χ0n) is 12.1. The highest BCUT2D eigenvalue weighted by Gasteiger charge is 2.30. The topological polar surface area (TPSA) is 53.8 Å². The molecule has 1 amide bonds. The highest BCUT2D eigenvalue weighted by molar-refractivity contribution is 8.15. The van der Waals surface area contributed by atoms with Crippen molar-refractivity contribution in [3.63, 3.8) is 0 Å². The summed E-state index contributed by atoms with van der Waals surface area (Å²) in [6.45, 7) is 0. The predicted octanol–water partition coefficient (Wildman–Crippen LogP) is 3.50. The van der Waals surface area contributed by atoms with Crippen molar-refractivity contribution in [3.8, 4) is 0 Å². The lowest BCUT2D eigenvalue weighted by atomic mass is 10.1. The molecule has 1 saturated heterocycles. The lowest BCUT2D eigenvalue weighted by molar-refractivity contribution is -0.118. The summed E-state index contributed by atoms with van der Waals surface area (Å²) >= 11 is 7.52. The summed E-state index contributed by atoms with van der Waals surface area (Å²) in [6.07, 6.45) is 2.22. The molecule has 0 aliphatic carbocycles. The second-order valence-electron chi connectivity index (χ2n) is 4.95. The number of rotatable bonds is 4. The first-order chi connectivity index (χ1) is 11.2. The molecule has 1 atom stereocenters. The van der Waals surface area contributed by atoms with E-state index in [9.17, 15) is 4.79 Å². The number of thioether (sulfide) groups is 1. The lowest BCUT2D eigenvalue weighted by Gasteiger charge is -2.06. The van der Waals surface area contributed by atoms with Crippen LogP contribution in [0.2, 0.25) is 5.02 Å². The van der Waals surface area contributed by atoms with Gasteiger partial charge in [-0.2, -0.15) is 5.10 Å². The summed E-state index contributed by atoms with van der Waals surface area (Å²) in [5.74, 6) is -0.0661. The molecule has 1 unspecified atom stereocenters. The fourth-order valence-electron chi connectivity index (χ4n) is 2.14. The van der Waals surface area contributed by atoms with Crippen molar-refractivity contribution in [2.45, 2.75) is 11.7 Å². The Balaban J connectivity index is 1.64. The minimum absolute atomic E-state index is 0.0661. The van der Waals surface area contributed by atoms with Crippen LogP contribution in [0.1, 0.15) is 11.1 Å². The number of benzene rings is 2. The van der Waals surface area contributed by atoms with E-state index in [-0.39, 0.29) is 11.2 Å². The molecule has 0 aromatic heterocycles. The first-order valence-electron chi connectivity index (χ1n) is 7.09. The molecule has 3 rings (SSSR count). The van der Waals surface area contributed by atoms with Crippen LogP contribution in [0.3, 0.4) is 0 Å². The van der Waals surface area contributed by atoms with Crippen LogP contribution in [0.4, 0.5) is 0 Å². The maximum Gasteiger partial charge on any atom is 0.239 e. The molecular formula is C17H14ClN3OS. The Hall–Kier alpha value is -2.11. The molecule has 0 bridgehead atoms. The van der Waals surface area contributed by atoms with Crippen LogP contribution in [0.15, 0.2) is 64.8 Å². The van der Waals surface area contributed by atoms with Gasteiger partial charge in [0.25, 0.3) is 0 Å². The summed E-state index contributed by atoms with van der Waals surface area (Å²) in [6, 6.07) is 17.2. The minimum Gasteiger partial charge on any atom is -0.303 e. The van der Waals surface area contributed by atoms with Crippen molar-refractivity contribution in [2.75, 3.05) is 0 Å². The van der Waals surface area contributed by atoms with E-state index in [4.69, 9.17) is 11.6 Å². The monoisotopic (exact) mass is 343 g/mol. The number of hydrogen-bond donors (Lipinski definition) is 1. The van der Waals surface area contributed by atoms with Crippen LogP contribution in [-0.4, -0.2) is 22.5 Å². The molecule has 0 spiro atoms. The Morgan fingerprint density at radius 1 is 1.13 bits per heavy atom. The Kier molecular flexibility index (Phi) is 5.10. The number of nitrogens with one attached hydrogen (secondary N) is 1. The second-order valence-corrected chi connectivity index (χ2v) is 6.55. The molecule has 1 aliphatic heterocycles. The molecule has 0 radical (unpaired) electrons. The maximum atomic E-state index is 12.0. The Morgan fingerprint density at radius 2 is 1.87 bits per heavy atom. The standard InChI is InChI=1S/C17H14ClN3OS/c18-14-9-5-4-8-13(14)10-15-16(22)20-17(23-15)21-19-11-12-6-2-1-3-7-12/h1-9,11,15H,10H2,(H,20,21,22). The number of carbonyl (C=O) groups is 1. The quantitative estimate of drug-likeness (QED) is 0.682. The maximum absolute atomic E-state index is 12.0. The molecule has 1 N–H and O–H groups in total. The largest absolute Gasteiger partial charge is 0.303 e. The molecule has 2 aromatic carbocycles. The van der Waals surface area contributed by atoms with Gasteiger partial charge in [-0.15, -0.1) is 5.10 Å². The second kappa shape index (κ2) is 7.44. The fourth-order valence-corrected chi connectivity index (χ4v) is 3.30. The third kappa shape index (κ3) is 4.21. The fraction of sp³-hybridized carbons (Fsp3) is 0.118. The third-order valence-corrected chi connectivity index (χ3v) is 4.74. The zero-order valence-corrected chi connectivity index (χ0v) is 13.7. The van der Waals surface area contributed by atoms with E-state index in [1.807, 2.05) is 54.6 Å². The van der Waals surface area contributed by atoms with Crippen molar-refractivity contribution in [2.24, 2.45) is 10.2 Å². The summed E-state index contributed by atoms with van der Waals surface area (Å²) in [5, 5.41) is 11.8. The molecule has 4 nitrogen and oxygen atoms in total. The van der Waals surface area contributed by atoms with Crippen LogP contribution >= 0.6 is 23.4 Å². The SMILES string of the molecule is O=C1NC(=NN=Cc2ccccc2)SC1Cc1ccccc1Cl. The Bertz CT molecular complexity index is 761. The lowest BCUT2D eigenvalue weighted by Crippen LogP contribution is -2.26. The molecule has 23 heavy (non-hydrogen) atoms. The van der Waals surface area contributed by atoms with Crippen molar-refractivity contribution < 1.29 is 4.79 Å². The summed E-state index contributed by atoms with van der Waals surface area (Å²) in [5.41, 5.74) is 1.91. The van der Waals surface area contributed by atoms with E-state index in [1.54, 1.807) is 6.21 Å². The summed E-state index contributed by atoms with van der Waals surface area (Å²) in [4.78, 5) is 12.0. The molecule has 6 heteroatoms. The molecule has 1 aliphatic rings. The van der Waals surface area contributed by atoms with E-state index in [2.05, 4.69) is 15.5 Å². The van der Waals surface area contributed by atoms with Crippen molar-refractivity contribution in [1.82, 2.24) is 5.32 Å². The predicted molar refractivity (Wildman–Crippen MR) is 96.1 cm³/mol. The first-order valence-corrected chi connectivity index (χ1v) is 8.35. The molecule has 116 valence electrons. The minimum atomic E-state index is -0.236. The van der Waals surface area contributed by atoms with Crippen LogP contribution < -0.4 is 5.32 Å². The van der Waals surface area contributed by atoms with Gasteiger partial charge in [-0.25, -0.2) is 0 Å². The van der Waals surface area contributed by atoms with E-state index >= 15 is 0 Å². The summed E-state index contributed by atoms with van der Waals surface area (Å²) in [7, 11) is 0. The van der Waals surface area contributed by atoms with Crippen molar-refractivity contribution >= 4 is 40.7 Å². The van der Waals surface area contributed by atoms with E-state index in [0.29, 0.717) is 16.6 Å². The molecule has 1 fully saturated rings. The number of halogens is 1. The van der Waals surface area contributed by atoms with Gasteiger partial charge in [0.2, 0.25) is 5.91 Å². The van der Waals surface area contributed by atoms with Gasteiger partial charge in [-0.3, -0.25) is 4.79 Å². The number of hydrogen-bond acceptors (Lipinski definition) is 4. The Labute approximate surface area is 143 Å². The van der Waals surface area contributed by atoms with Gasteiger partial charge in [-0.05, 0) is 23.6 Å². The number of amidine groups is 1. The van der Waals surface area contributed by atoms with Crippen LogP contribution in [0.5, 0.6) is 0 Å². The number of nitrogens with zero attached hydrogens (tertiary/aromatic N) is 2. The van der Waals surface area contributed by atoms with Gasteiger partial charge in [-0.1, -0.05) is 71.9 Å². The number of amides is 1. The first kappa shape index (κ1) is 15.8. The highest BCUT2D eigenvalue weighted by atomic mass is 35.5. The average Bonchev–Trinajstić information content (AvgIpc) is 2.90. The van der Waals surface area contributed by atoms with E-state index < -0.39 is 0 Å². The number of carbonyl (C=O) groups excluding carboxylic acids is 1. The normalized spacial score (nSPS) is 19.4. The molecule has 0 saturated carbocycles. The van der Waals surface area contributed by atoms with Crippen LogP contribution in [0.25, 0.3) is 0 Å².